The van der Waals surface area contributed by atoms with Crippen LogP contribution in [0.4, 0.5) is 0 Å². The molecule has 0 aliphatic heterocycles. The highest BCUT2D eigenvalue weighted by molar-refractivity contribution is 5.91. The van der Waals surface area contributed by atoms with E-state index < -0.39 is 0 Å². The maximum Gasteiger partial charge on any atom is 0.0161 e. The van der Waals surface area contributed by atoms with Gasteiger partial charge in [0.25, 0.3) is 0 Å². The first-order valence-electron chi connectivity index (χ1n) is 41.3. The predicted octanol–water partition coefficient (Wildman–Crippen LogP) is 33.8. The average molecular weight is 1430 g/mol. The molecule has 12 rings (SSSR count). The van der Waals surface area contributed by atoms with Gasteiger partial charge in [-0.25, -0.2) is 0 Å². The van der Waals surface area contributed by atoms with Gasteiger partial charge in [0, 0.05) is 5.41 Å². The third-order valence-corrected chi connectivity index (χ3v) is 21.7. The number of hydrogen-bond acceptors (Lipinski definition) is 0. The number of rotatable bonds is 15. The zero-order valence-corrected chi connectivity index (χ0v) is 72.5. The summed E-state index contributed by atoms with van der Waals surface area (Å²) in [5.74, 6) is 8.53. The number of benzene rings is 11. The lowest BCUT2D eigenvalue weighted by atomic mass is 9.77. The van der Waals surface area contributed by atoms with Gasteiger partial charge < -0.3 is 0 Å². The standard InChI is InChI=1S/C21H26.C18H22.2C16H20.3C12H18/c1-13(2)15-11-12-16(14(3)4)20-19(15)17-9-7-8-10-18(17)21(20,5)6;1-13(2)15-5-9-17(10-6-15)18-11-7-16(8-12-18)14(3)4;1-11(2)13-7-5-10-16-14(12(3)4)8-6-9-15(13)16;1-11(2)13-9-10-14(12(3)4)16-8-6-5-7-15(13)16;1-9(2)11-5-7-12(8-6-11)10(3)4;1-9(2)11-6-5-7-12(8-11)10(3)4;1-9(2)11-7-5-6-8-12(11)10(3)4/h7-14H,1-6H3;5-14H,1-4H3;2*5-12H,1-4H3;3*5-10H,1-4H3. The Balaban J connectivity index is 0.000000197. The van der Waals surface area contributed by atoms with E-state index in [1.165, 1.54) is 127 Å². The summed E-state index contributed by atoms with van der Waals surface area (Å²) in [4.78, 5) is 0. The van der Waals surface area contributed by atoms with Crippen LogP contribution in [0.2, 0.25) is 0 Å². The van der Waals surface area contributed by atoms with Crippen molar-refractivity contribution in [1.29, 1.82) is 0 Å². The molecule has 107 heavy (non-hydrogen) atoms. The van der Waals surface area contributed by atoms with Crippen molar-refractivity contribution in [2.45, 2.75) is 296 Å². The van der Waals surface area contributed by atoms with Gasteiger partial charge in [-0.15, -0.1) is 0 Å². The number of fused-ring (bicyclic) bond motifs is 5. The van der Waals surface area contributed by atoms with Crippen molar-refractivity contribution in [3.63, 3.8) is 0 Å². The van der Waals surface area contributed by atoms with E-state index >= 15 is 0 Å². The first-order valence-corrected chi connectivity index (χ1v) is 41.3. The minimum atomic E-state index is 0.108. The molecular weight excluding hydrogens is 1290 g/mol. The molecule has 11 aromatic rings. The zero-order chi connectivity index (χ0) is 79.3. The summed E-state index contributed by atoms with van der Waals surface area (Å²) >= 11 is 0. The first-order chi connectivity index (χ1) is 50.5. The van der Waals surface area contributed by atoms with E-state index in [0.717, 1.165) is 0 Å². The Bertz CT molecular complexity index is 4200. The lowest BCUT2D eigenvalue weighted by molar-refractivity contribution is 0.641. The molecule has 0 unspecified atom stereocenters. The van der Waals surface area contributed by atoms with E-state index in [1.807, 2.05) is 0 Å². The van der Waals surface area contributed by atoms with Crippen LogP contribution in [0.15, 0.2) is 231 Å². The second-order valence-electron chi connectivity index (χ2n) is 35.1. The zero-order valence-electron chi connectivity index (χ0n) is 72.5. The van der Waals surface area contributed by atoms with Crippen molar-refractivity contribution in [2.24, 2.45) is 0 Å². The molecular formula is C107H142. The highest BCUT2D eigenvalue weighted by Gasteiger charge is 2.39. The molecule has 0 radical (unpaired) electrons. The highest BCUT2D eigenvalue weighted by atomic mass is 14.4. The molecule has 0 amide bonds. The quantitative estimate of drug-likeness (QED) is 0.0960. The van der Waals surface area contributed by atoms with Gasteiger partial charge in [0.1, 0.15) is 0 Å². The Morgan fingerprint density at radius 1 is 0.187 bits per heavy atom. The molecule has 0 saturated carbocycles. The van der Waals surface area contributed by atoms with Crippen LogP contribution < -0.4 is 0 Å². The fourth-order valence-electron chi connectivity index (χ4n) is 14.9. The van der Waals surface area contributed by atoms with Gasteiger partial charge in [-0.3, -0.25) is 0 Å². The average Bonchev–Trinajstić information content (AvgIpc) is 1.56. The smallest absolute Gasteiger partial charge is 0.0161 e. The lowest BCUT2D eigenvalue weighted by Crippen LogP contribution is -2.18. The van der Waals surface area contributed by atoms with Crippen molar-refractivity contribution in [1.82, 2.24) is 0 Å². The Kier molecular flexibility index (Phi) is 33.6. The van der Waals surface area contributed by atoms with Crippen molar-refractivity contribution in [3.8, 4) is 22.3 Å². The van der Waals surface area contributed by atoms with Crippen LogP contribution in [0.1, 0.15) is 380 Å². The van der Waals surface area contributed by atoms with Crippen molar-refractivity contribution in [2.75, 3.05) is 0 Å². The fraction of sp³-hybridized carbons (Fsp3) is 0.421. The van der Waals surface area contributed by atoms with Crippen molar-refractivity contribution < 1.29 is 0 Å². The second kappa shape index (κ2) is 40.9. The summed E-state index contributed by atoms with van der Waals surface area (Å²) in [7, 11) is 0. The Morgan fingerprint density at radius 3 is 0.748 bits per heavy atom. The molecule has 0 atom stereocenters. The minimum Gasteiger partial charge on any atom is -0.0620 e. The summed E-state index contributed by atoms with van der Waals surface area (Å²) in [5.41, 5.74) is 29.1. The van der Waals surface area contributed by atoms with Gasteiger partial charge in [-0.1, -0.05) is 438 Å². The number of hydrogen-bond donors (Lipinski definition) is 0. The predicted molar refractivity (Wildman–Crippen MR) is 480 cm³/mol. The minimum absolute atomic E-state index is 0.108. The second-order valence-corrected chi connectivity index (χ2v) is 35.1. The van der Waals surface area contributed by atoms with Crippen LogP contribution in [0.25, 0.3) is 43.8 Å². The largest absolute Gasteiger partial charge is 0.0620 e. The molecule has 0 heterocycles. The van der Waals surface area contributed by atoms with Crippen LogP contribution in [0.3, 0.4) is 0 Å². The van der Waals surface area contributed by atoms with E-state index in [4.69, 9.17) is 0 Å². The molecule has 0 spiro atoms. The molecule has 570 valence electrons. The summed E-state index contributed by atoms with van der Waals surface area (Å²) in [6.45, 7) is 67.8. The molecule has 0 saturated heterocycles. The maximum atomic E-state index is 2.38. The summed E-state index contributed by atoms with van der Waals surface area (Å²) in [6, 6.07) is 84.8. The van der Waals surface area contributed by atoms with Crippen LogP contribution in [0, 0.1) is 0 Å². The van der Waals surface area contributed by atoms with E-state index in [0.29, 0.717) is 82.9 Å². The van der Waals surface area contributed by atoms with Crippen molar-refractivity contribution >= 4 is 21.5 Å². The third-order valence-electron chi connectivity index (χ3n) is 21.7. The Morgan fingerprint density at radius 2 is 0.430 bits per heavy atom. The molecule has 0 fully saturated rings. The SMILES string of the molecule is CC(C)c1ccc(-c2ccc(C(C)C)cc2)cc1.CC(C)c1ccc(C(C)C)c2c1-c1ccccc1C2(C)C.CC(C)c1ccc(C(C)C)c2ccccc12.CC(C)c1ccc(C(C)C)cc1.CC(C)c1cccc(C(C)C)c1.CC(C)c1cccc2c(C(C)C)cccc12.CC(C)c1ccccc1C(C)C. The maximum absolute atomic E-state index is 2.38. The first kappa shape index (κ1) is 87.8. The van der Waals surface area contributed by atoms with E-state index in [1.54, 1.807) is 5.56 Å². The molecule has 0 aromatic heterocycles. The van der Waals surface area contributed by atoms with E-state index in [-0.39, 0.29) is 5.41 Å². The topological polar surface area (TPSA) is 0 Å². The molecule has 0 nitrogen and oxygen atoms in total. The van der Waals surface area contributed by atoms with Gasteiger partial charge in [0.05, 0.1) is 0 Å². The molecule has 0 N–H and O–H groups in total. The van der Waals surface area contributed by atoms with Gasteiger partial charge in [-0.05, 0) is 216 Å². The van der Waals surface area contributed by atoms with Gasteiger partial charge in [0.2, 0.25) is 0 Å². The van der Waals surface area contributed by atoms with Crippen molar-refractivity contribution in [3.05, 3.63) is 320 Å². The lowest BCUT2D eigenvalue weighted by Gasteiger charge is -2.27. The third kappa shape index (κ3) is 23.7. The normalized spacial score (nSPS) is 12.1. The summed E-state index contributed by atoms with van der Waals surface area (Å²) < 4.78 is 0. The van der Waals surface area contributed by atoms with Crippen LogP contribution >= 0.6 is 0 Å². The summed E-state index contributed by atoms with van der Waals surface area (Å²) in [6.07, 6.45) is 0. The Hall–Kier alpha value is -8.06. The van der Waals surface area contributed by atoms with E-state index in [2.05, 4.69) is 438 Å². The molecule has 11 aromatic carbocycles. The van der Waals surface area contributed by atoms with Crippen LogP contribution in [0.5, 0.6) is 0 Å². The molecule has 1 aliphatic carbocycles. The molecule has 0 bridgehead atoms. The summed E-state index contributed by atoms with van der Waals surface area (Å²) in [5, 5.41) is 5.68. The van der Waals surface area contributed by atoms with Crippen LogP contribution in [-0.2, 0) is 5.41 Å². The van der Waals surface area contributed by atoms with Gasteiger partial charge >= 0.3 is 0 Å². The Labute approximate surface area is 655 Å². The van der Waals surface area contributed by atoms with Gasteiger partial charge in [0.15, 0.2) is 0 Å². The highest BCUT2D eigenvalue weighted by Crippen LogP contribution is 2.53. The monoisotopic (exact) mass is 1430 g/mol. The van der Waals surface area contributed by atoms with E-state index in [9.17, 15) is 0 Å². The fourth-order valence-corrected chi connectivity index (χ4v) is 14.9. The molecule has 1 aliphatic rings. The molecule has 0 heteroatoms. The van der Waals surface area contributed by atoms with Crippen LogP contribution in [-0.4, -0.2) is 0 Å². The van der Waals surface area contributed by atoms with Gasteiger partial charge in [-0.2, -0.15) is 0 Å².